The molecule has 1 aliphatic rings. The van der Waals surface area contributed by atoms with Gasteiger partial charge < -0.3 is 0 Å². The molecule has 1 aliphatic carbocycles. The number of hydrogen-bond donors (Lipinski definition) is 0. The van der Waals surface area contributed by atoms with Gasteiger partial charge in [0.1, 0.15) is 0 Å². The second kappa shape index (κ2) is 7.45. The molecular formula is C15H12Cl2FNO2S. The molecule has 3 nitrogen and oxygen atoms in total. The Morgan fingerprint density at radius 3 is 2.64 bits per heavy atom. The van der Waals surface area contributed by atoms with Crippen molar-refractivity contribution in [2.24, 2.45) is 11.8 Å². The highest BCUT2D eigenvalue weighted by Gasteiger charge is 2.39. The third-order valence-corrected chi connectivity index (χ3v) is 5.28. The molecule has 0 bridgehead atoms. The molecule has 1 fully saturated rings. The van der Waals surface area contributed by atoms with E-state index in [2.05, 4.69) is 0 Å². The number of alkyl halides is 1. The lowest BCUT2D eigenvalue weighted by atomic mass is 9.92. The Morgan fingerprint density at radius 1 is 1.41 bits per heavy atom. The number of ketones is 2. The van der Waals surface area contributed by atoms with Crippen LogP contribution in [0.4, 0.5) is 4.39 Å². The number of halogens is 3. The van der Waals surface area contributed by atoms with Gasteiger partial charge in [-0.2, -0.15) is 5.26 Å². The first kappa shape index (κ1) is 17.3. The highest BCUT2D eigenvalue weighted by molar-refractivity contribution is 7.99. The van der Waals surface area contributed by atoms with Crippen LogP contribution in [0.25, 0.3) is 0 Å². The molecule has 1 aromatic rings. The van der Waals surface area contributed by atoms with Crippen LogP contribution in [-0.4, -0.2) is 24.0 Å². The minimum atomic E-state index is -1.34. The average Bonchev–Trinajstić information content (AvgIpc) is 3.33. The average molecular weight is 360 g/mol. The fourth-order valence-electron chi connectivity index (χ4n) is 2.02. The van der Waals surface area contributed by atoms with Crippen molar-refractivity contribution in [3.8, 4) is 6.07 Å². The molecule has 1 unspecified atom stereocenters. The van der Waals surface area contributed by atoms with E-state index in [0.717, 1.165) is 24.6 Å². The summed E-state index contributed by atoms with van der Waals surface area (Å²) in [5, 5.41) is 9.56. The fraction of sp³-hybridized carbons (Fsp3) is 0.400. The zero-order valence-electron chi connectivity index (χ0n) is 11.4. The van der Waals surface area contributed by atoms with Gasteiger partial charge in [0.25, 0.3) is 0 Å². The van der Waals surface area contributed by atoms with Gasteiger partial charge in [0.15, 0.2) is 17.5 Å². The second-order valence-electron chi connectivity index (χ2n) is 4.88. The SMILES string of the molecule is N#CC(C(=O)c1ccc(Cl)c(Cl)c1SCCF)C(=O)C1CC1. The van der Waals surface area contributed by atoms with Crippen molar-refractivity contribution < 1.29 is 14.0 Å². The summed E-state index contributed by atoms with van der Waals surface area (Å²) in [6.45, 7) is -0.593. The Hall–Kier alpha value is -1.09. The predicted molar refractivity (Wildman–Crippen MR) is 84.3 cm³/mol. The van der Waals surface area contributed by atoms with Crippen molar-refractivity contribution in [1.82, 2.24) is 0 Å². The fourth-order valence-corrected chi connectivity index (χ4v) is 3.40. The molecular weight excluding hydrogens is 348 g/mol. The van der Waals surface area contributed by atoms with Crippen LogP contribution in [0.3, 0.4) is 0 Å². The molecule has 2 rings (SSSR count). The third-order valence-electron chi connectivity index (χ3n) is 3.29. The van der Waals surface area contributed by atoms with Crippen LogP contribution in [0.15, 0.2) is 17.0 Å². The number of hydrogen-bond acceptors (Lipinski definition) is 4. The Kier molecular flexibility index (Phi) is 5.85. The van der Waals surface area contributed by atoms with Gasteiger partial charge in [-0.25, -0.2) is 0 Å². The molecule has 1 aromatic carbocycles. The summed E-state index contributed by atoms with van der Waals surface area (Å²) in [7, 11) is 0. The number of thioether (sulfide) groups is 1. The maximum Gasteiger partial charge on any atom is 0.188 e. The van der Waals surface area contributed by atoms with Crippen molar-refractivity contribution in [3.05, 3.63) is 27.7 Å². The zero-order chi connectivity index (χ0) is 16.3. The number of carbonyl (C=O) groups is 2. The normalized spacial score (nSPS) is 15.2. The summed E-state index contributed by atoms with van der Waals surface area (Å²) in [5.41, 5.74) is 0.147. The van der Waals surface area contributed by atoms with E-state index in [0.29, 0.717) is 4.90 Å². The summed E-state index contributed by atoms with van der Waals surface area (Å²) < 4.78 is 12.4. The molecule has 116 valence electrons. The first-order valence-electron chi connectivity index (χ1n) is 6.65. The molecule has 0 saturated heterocycles. The van der Waals surface area contributed by atoms with Gasteiger partial charge in [0.2, 0.25) is 0 Å². The molecule has 0 aromatic heterocycles. The summed E-state index contributed by atoms with van der Waals surface area (Å²) in [6.07, 6.45) is 1.43. The summed E-state index contributed by atoms with van der Waals surface area (Å²) in [6, 6.07) is 4.65. The van der Waals surface area contributed by atoms with Crippen molar-refractivity contribution in [2.45, 2.75) is 17.7 Å². The highest BCUT2D eigenvalue weighted by Crippen LogP contribution is 2.38. The smallest absolute Gasteiger partial charge is 0.188 e. The van der Waals surface area contributed by atoms with E-state index in [9.17, 15) is 19.2 Å². The Morgan fingerprint density at radius 2 is 2.09 bits per heavy atom. The van der Waals surface area contributed by atoms with E-state index in [-0.39, 0.29) is 33.1 Å². The molecule has 0 radical (unpaired) electrons. The van der Waals surface area contributed by atoms with Gasteiger partial charge in [0.05, 0.1) is 22.8 Å². The van der Waals surface area contributed by atoms with Gasteiger partial charge in [-0.15, -0.1) is 11.8 Å². The van der Waals surface area contributed by atoms with E-state index < -0.39 is 18.4 Å². The van der Waals surface area contributed by atoms with Crippen LogP contribution in [0.5, 0.6) is 0 Å². The summed E-state index contributed by atoms with van der Waals surface area (Å²) in [4.78, 5) is 24.9. The topological polar surface area (TPSA) is 57.9 Å². The minimum Gasteiger partial charge on any atom is -0.297 e. The van der Waals surface area contributed by atoms with Crippen molar-refractivity contribution in [1.29, 1.82) is 5.26 Å². The zero-order valence-corrected chi connectivity index (χ0v) is 13.8. The van der Waals surface area contributed by atoms with Crippen molar-refractivity contribution in [3.63, 3.8) is 0 Å². The van der Waals surface area contributed by atoms with Crippen LogP contribution in [0, 0.1) is 23.2 Å². The van der Waals surface area contributed by atoms with Gasteiger partial charge in [-0.3, -0.25) is 14.0 Å². The van der Waals surface area contributed by atoms with Crippen LogP contribution >= 0.6 is 35.0 Å². The molecule has 7 heteroatoms. The van der Waals surface area contributed by atoms with Gasteiger partial charge in [0, 0.05) is 22.1 Å². The van der Waals surface area contributed by atoms with E-state index in [1.807, 2.05) is 0 Å². The quantitative estimate of drug-likeness (QED) is 0.412. The molecule has 1 atom stereocenters. The molecule has 0 N–H and O–H groups in total. The molecule has 0 amide bonds. The molecule has 0 spiro atoms. The van der Waals surface area contributed by atoms with E-state index >= 15 is 0 Å². The molecule has 1 saturated carbocycles. The van der Waals surface area contributed by atoms with E-state index in [1.54, 1.807) is 6.07 Å². The lowest BCUT2D eigenvalue weighted by Crippen LogP contribution is -2.24. The number of rotatable bonds is 7. The number of carbonyl (C=O) groups excluding carboxylic acids is 2. The number of benzene rings is 1. The monoisotopic (exact) mass is 359 g/mol. The Bertz CT molecular complexity index is 656. The van der Waals surface area contributed by atoms with Crippen LogP contribution in [-0.2, 0) is 4.79 Å². The van der Waals surface area contributed by atoms with Gasteiger partial charge in [-0.1, -0.05) is 23.2 Å². The lowest BCUT2D eigenvalue weighted by Gasteiger charge is -2.13. The summed E-state index contributed by atoms with van der Waals surface area (Å²) >= 11 is 13.1. The van der Waals surface area contributed by atoms with Gasteiger partial charge in [-0.05, 0) is 25.0 Å². The van der Waals surface area contributed by atoms with E-state index in [1.165, 1.54) is 12.1 Å². The van der Waals surface area contributed by atoms with E-state index in [4.69, 9.17) is 23.2 Å². The standard InChI is InChI=1S/C15H12Cl2FNO2S/c16-11-4-3-9(15(12(11)17)22-6-5-18)14(21)10(7-19)13(20)8-1-2-8/h3-4,8,10H,1-2,5-6H2. The summed E-state index contributed by atoms with van der Waals surface area (Å²) in [5.74, 6) is -2.37. The maximum atomic E-state index is 12.5. The largest absolute Gasteiger partial charge is 0.297 e. The number of nitriles is 1. The number of Topliss-reactive ketones (excluding diaryl/α,β-unsaturated/α-hetero) is 2. The minimum absolute atomic E-state index is 0.105. The Balaban J connectivity index is 2.37. The first-order valence-corrected chi connectivity index (χ1v) is 8.39. The predicted octanol–water partition coefficient (Wildman–Crippen LogP) is 4.36. The lowest BCUT2D eigenvalue weighted by molar-refractivity contribution is -0.121. The van der Waals surface area contributed by atoms with Gasteiger partial charge >= 0.3 is 0 Å². The molecule has 22 heavy (non-hydrogen) atoms. The maximum absolute atomic E-state index is 12.5. The molecule has 0 aliphatic heterocycles. The second-order valence-corrected chi connectivity index (χ2v) is 6.77. The first-order chi connectivity index (χ1) is 10.5. The highest BCUT2D eigenvalue weighted by atomic mass is 35.5. The van der Waals surface area contributed by atoms with Crippen molar-refractivity contribution >= 4 is 46.5 Å². The van der Waals surface area contributed by atoms with Crippen LogP contribution < -0.4 is 0 Å². The molecule has 0 heterocycles. The van der Waals surface area contributed by atoms with Crippen LogP contribution in [0.1, 0.15) is 23.2 Å². The third kappa shape index (κ3) is 3.62. The van der Waals surface area contributed by atoms with Crippen molar-refractivity contribution in [2.75, 3.05) is 12.4 Å². The Labute approximate surface area is 141 Å². The number of nitrogens with zero attached hydrogens (tertiary/aromatic N) is 1. The van der Waals surface area contributed by atoms with Crippen LogP contribution in [0.2, 0.25) is 10.0 Å².